The fraction of sp³-hybridized carbons (Fsp3) is 0.935. The Morgan fingerprint density at radius 1 is 0.296 bits per heavy atom. The van der Waals surface area contributed by atoms with Gasteiger partial charge < -0.3 is 33.8 Å². The molecular weight excluding hydrogens is 1080 g/mol. The Kier molecular flexibility index (Phi) is 55.8. The van der Waals surface area contributed by atoms with E-state index in [-0.39, 0.29) is 25.7 Å². The molecule has 0 fully saturated rings. The van der Waals surface area contributed by atoms with Gasteiger partial charge in [-0.25, -0.2) is 9.13 Å². The van der Waals surface area contributed by atoms with Crippen LogP contribution in [0.5, 0.6) is 0 Å². The maximum absolute atomic E-state index is 12.9. The molecule has 0 amide bonds. The van der Waals surface area contributed by atoms with Crippen LogP contribution in [-0.4, -0.2) is 96.7 Å². The molecule has 0 rings (SSSR count). The second-order valence-electron chi connectivity index (χ2n) is 22.4. The molecule has 19 heteroatoms. The summed E-state index contributed by atoms with van der Waals surface area (Å²) in [5, 5.41) is 10.5. The standard InChI is InChI=1S/C62H120O17P2/c1-5-9-13-17-21-25-27-28-29-30-31-33-37-41-45-49-62(67)79-58(53-73-60(65)47-43-39-36-32-26-22-18-14-10-6-2)55-77-81(70,71)75-51-56(63)50-74-80(68,69)76-54-57(78-61(66)48-44-40-35-24-20-16-12-8-4)52-72-59(64)46-42-38-34-23-19-15-11-7-3/h56-58,63H,5-55H2,1-4H3,(H,68,69)(H,70,71)/t56-,57+,58+/m0/s1. The van der Waals surface area contributed by atoms with E-state index in [0.29, 0.717) is 25.7 Å². The third kappa shape index (κ3) is 56.9. The van der Waals surface area contributed by atoms with Gasteiger partial charge in [0.25, 0.3) is 0 Å². The highest BCUT2D eigenvalue weighted by Gasteiger charge is 2.30. The van der Waals surface area contributed by atoms with E-state index in [4.69, 9.17) is 37.0 Å². The quantitative estimate of drug-likeness (QED) is 0.0222. The van der Waals surface area contributed by atoms with E-state index in [2.05, 4.69) is 27.7 Å². The summed E-state index contributed by atoms with van der Waals surface area (Å²) in [5.74, 6) is -2.14. The molecule has 0 aliphatic carbocycles. The third-order valence-corrected chi connectivity index (χ3v) is 16.3. The highest BCUT2D eigenvalue weighted by atomic mass is 31.2. The lowest BCUT2D eigenvalue weighted by Crippen LogP contribution is -2.30. The largest absolute Gasteiger partial charge is 0.472 e. The van der Waals surface area contributed by atoms with Crippen LogP contribution in [0.2, 0.25) is 0 Å². The van der Waals surface area contributed by atoms with Crippen molar-refractivity contribution in [3.05, 3.63) is 0 Å². The van der Waals surface area contributed by atoms with E-state index in [1.165, 1.54) is 135 Å². The lowest BCUT2D eigenvalue weighted by Gasteiger charge is -2.21. The third-order valence-electron chi connectivity index (χ3n) is 14.4. The maximum Gasteiger partial charge on any atom is 0.472 e. The minimum Gasteiger partial charge on any atom is -0.462 e. The summed E-state index contributed by atoms with van der Waals surface area (Å²) in [5.41, 5.74) is 0. The van der Waals surface area contributed by atoms with Crippen molar-refractivity contribution in [2.24, 2.45) is 0 Å². The summed E-state index contributed by atoms with van der Waals surface area (Å²) in [6, 6.07) is 0. The van der Waals surface area contributed by atoms with Crippen molar-refractivity contribution in [3.8, 4) is 0 Å². The fourth-order valence-electron chi connectivity index (χ4n) is 9.28. The highest BCUT2D eigenvalue weighted by molar-refractivity contribution is 7.47. The topological polar surface area (TPSA) is 237 Å². The molecule has 0 saturated heterocycles. The van der Waals surface area contributed by atoms with Crippen molar-refractivity contribution in [1.82, 2.24) is 0 Å². The normalized spacial score (nSPS) is 14.2. The van der Waals surface area contributed by atoms with Gasteiger partial charge in [0, 0.05) is 25.7 Å². The molecule has 81 heavy (non-hydrogen) atoms. The summed E-state index contributed by atoms with van der Waals surface area (Å²) < 4.78 is 67.8. The van der Waals surface area contributed by atoms with Gasteiger partial charge in [0.15, 0.2) is 12.2 Å². The minimum absolute atomic E-state index is 0.105. The number of rotatable bonds is 63. The Morgan fingerprint density at radius 3 is 0.728 bits per heavy atom. The smallest absolute Gasteiger partial charge is 0.462 e. The van der Waals surface area contributed by atoms with Gasteiger partial charge in [0.05, 0.1) is 26.4 Å². The van der Waals surface area contributed by atoms with Gasteiger partial charge in [-0.3, -0.25) is 37.3 Å². The number of carbonyl (C=O) groups excluding carboxylic acids is 4. The van der Waals surface area contributed by atoms with Crippen molar-refractivity contribution in [3.63, 3.8) is 0 Å². The zero-order chi connectivity index (χ0) is 59.8. The molecule has 0 aliphatic rings. The Morgan fingerprint density at radius 2 is 0.494 bits per heavy atom. The van der Waals surface area contributed by atoms with Crippen LogP contribution in [0, 0.1) is 0 Å². The zero-order valence-electron chi connectivity index (χ0n) is 51.7. The Bertz CT molecular complexity index is 1570. The number of ether oxygens (including phenoxy) is 4. The first-order chi connectivity index (χ1) is 39.2. The van der Waals surface area contributed by atoms with Gasteiger partial charge in [0.2, 0.25) is 0 Å². The average molecular weight is 1200 g/mol. The number of aliphatic hydroxyl groups excluding tert-OH is 1. The van der Waals surface area contributed by atoms with E-state index in [1.54, 1.807) is 0 Å². The van der Waals surface area contributed by atoms with E-state index in [9.17, 15) is 43.2 Å². The van der Waals surface area contributed by atoms with Crippen LogP contribution >= 0.6 is 15.6 Å². The number of phosphoric acid groups is 2. The van der Waals surface area contributed by atoms with Gasteiger partial charge in [-0.05, 0) is 25.7 Å². The molecule has 0 spiro atoms. The Hall–Kier alpha value is -1.94. The van der Waals surface area contributed by atoms with Crippen molar-refractivity contribution >= 4 is 39.5 Å². The van der Waals surface area contributed by atoms with E-state index in [1.807, 2.05) is 0 Å². The highest BCUT2D eigenvalue weighted by Crippen LogP contribution is 2.45. The minimum atomic E-state index is -4.94. The Balaban J connectivity index is 5.19. The van der Waals surface area contributed by atoms with Crippen LogP contribution in [0.15, 0.2) is 0 Å². The molecule has 5 atom stereocenters. The van der Waals surface area contributed by atoms with E-state index < -0.39 is 97.5 Å². The lowest BCUT2D eigenvalue weighted by molar-refractivity contribution is -0.161. The van der Waals surface area contributed by atoms with Crippen molar-refractivity contribution in [2.45, 2.75) is 335 Å². The molecule has 0 aliphatic heterocycles. The van der Waals surface area contributed by atoms with Gasteiger partial charge in [0.1, 0.15) is 19.3 Å². The molecule has 0 aromatic carbocycles. The molecule has 0 heterocycles. The predicted molar refractivity (Wildman–Crippen MR) is 322 cm³/mol. The number of esters is 4. The Labute approximate surface area is 492 Å². The van der Waals surface area contributed by atoms with Gasteiger partial charge >= 0.3 is 39.5 Å². The molecule has 0 saturated carbocycles. The van der Waals surface area contributed by atoms with Crippen molar-refractivity contribution < 1.29 is 80.2 Å². The first-order valence-corrected chi connectivity index (χ1v) is 35.8. The van der Waals surface area contributed by atoms with E-state index in [0.717, 1.165) is 103 Å². The van der Waals surface area contributed by atoms with Gasteiger partial charge in [-0.1, -0.05) is 265 Å². The number of unbranched alkanes of at least 4 members (excludes halogenated alkanes) is 37. The van der Waals surface area contributed by atoms with Crippen molar-refractivity contribution in [2.75, 3.05) is 39.6 Å². The lowest BCUT2D eigenvalue weighted by atomic mass is 10.0. The van der Waals surface area contributed by atoms with Crippen LogP contribution in [0.1, 0.15) is 317 Å². The molecule has 0 radical (unpaired) electrons. The molecular formula is C62H120O17P2. The van der Waals surface area contributed by atoms with Crippen LogP contribution in [0.4, 0.5) is 0 Å². The molecule has 0 aromatic heterocycles. The van der Waals surface area contributed by atoms with Crippen LogP contribution in [-0.2, 0) is 65.4 Å². The van der Waals surface area contributed by atoms with Crippen molar-refractivity contribution in [1.29, 1.82) is 0 Å². The summed E-state index contributed by atoms with van der Waals surface area (Å²) in [6.45, 7) is 4.82. The first kappa shape index (κ1) is 79.1. The summed E-state index contributed by atoms with van der Waals surface area (Å²) in [6.07, 6.45) is 41.7. The molecule has 3 N–H and O–H groups in total. The number of hydrogen-bond acceptors (Lipinski definition) is 15. The maximum atomic E-state index is 12.9. The van der Waals surface area contributed by atoms with Gasteiger partial charge in [-0.15, -0.1) is 0 Å². The van der Waals surface area contributed by atoms with Crippen LogP contribution < -0.4 is 0 Å². The zero-order valence-corrected chi connectivity index (χ0v) is 53.5. The number of phosphoric ester groups is 2. The molecule has 17 nitrogen and oxygen atoms in total. The second kappa shape index (κ2) is 57.2. The molecule has 2 unspecified atom stereocenters. The molecule has 480 valence electrons. The predicted octanol–water partition coefficient (Wildman–Crippen LogP) is 17.2. The summed E-state index contributed by atoms with van der Waals surface area (Å²) in [7, 11) is -9.87. The average Bonchev–Trinajstić information content (AvgIpc) is 3.44. The SMILES string of the molecule is CCCCCCCCCCCCCCCCCC(=O)O[C@H](COC(=O)CCCCCCCCCCCC)COP(=O)(O)OC[C@@H](O)COP(=O)(O)OC[C@@H](COC(=O)CCCCCCCCCC)OC(=O)CCCCCCCCCC. The summed E-state index contributed by atoms with van der Waals surface area (Å²) >= 11 is 0. The number of aliphatic hydroxyl groups is 1. The second-order valence-corrected chi connectivity index (χ2v) is 25.4. The monoisotopic (exact) mass is 1200 g/mol. The first-order valence-electron chi connectivity index (χ1n) is 32.8. The number of hydrogen-bond donors (Lipinski definition) is 3. The fourth-order valence-corrected chi connectivity index (χ4v) is 10.9. The van der Waals surface area contributed by atoms with Crippen LogP contribution in [0.3, 0.4) is 0 Å². The molecule has 0 aromatic rings. The van der Waals surface area contributed by atoms with Crippen LogP contribution in [0.25, 0.3) is 0 Å². The molecule has 0 bridgehead atoms. The number of carbonyl (C=O) groups is 4. The van der Waals surface area contributed by atoms with E-state index >= 15 is 0 Å². The van der Waals surface area contributed by atoms with Gasteiger partial charge in [-0.2, -0.15) is 0 Å². The summed E-state index contributed by atoms with van der Waals surface area (Å²) in [4.78, 5) is 71.9.